The normalized spacial score (nSPS) is 23.1. The minimum atomic E-state index is 0.114. The molecule has 1 aromatic carbocycles. The van der Waals surface area contributed by atoms with Crippen LogP contribution >= 0.6 is 0 Å². The summed E-state index contributed by atoms with van der Waals surface area (Å²) in [5.74, 6) is 1.01. The topological polar surface area (TPSA) is 37.4 Å². The van der Waals surface area contributed by atoms with E-state index >= 15 is 0 Å². The number of hydrogen-bond acceptors (Lipinski definition) is 2. The first-order valence-electron chi connectivity index (χ1n) is 7.04. The molecule has 19 heavy (non-hydrogen) atoms. The number of aldehydes is 1. The van der Waals surface area contributed by atoms with Gasteiger partial charge in [0, 0.05) is 25.1 Å². The van der Waals surface area contributed by atoms with Crippen LogP contribution in [-0.4, -0.2) is 30.2 Å². The molecule has 2 atom stereocenters. The number of piperidine rings is 1. The van der Waals surface area contributed by atoms with Crippen molar-refractivity contribution in [1.82, 2.24) is 4.90 Å². The number of nitrogens with zero attached hydrogens (tertiary/aromatic N) is 1. The SMILES string of the molecule is CC[C@H]1CN(C(=O)c2ccccc2)CC[C@H]1CC=O. The summed E-state index contributed by atoms with van der Waals surface area (Å²) < 4.78 is 0. The number of carbonyl (C=O) groups excluding carboxylic acids is 2. The van der Waals surface area contributed by atoms with Gasteiger partial charge in [-0.1, -0.05) is 31.5 Å². The Labute approximate surface area is 114 Å². The van der Waals surface area contributed by atoms with Gasteiger partial charge in [0.1, 0.15) is 6.29 Å². The molecule has 3 nitrogen and oxygen atoms in total. The lowest BCUT2D eigenvalue weighted by Gasteiger charge is -2.37. The quantitative estimate of drug-likeness (QED) is 0.780. The largest absolute Gasteiger partial charge is 0.338 e. The van der Waals surface area contributed by atoms with Crippen molar-refractivity contribution in [2.75, 3.05) is 13.1 Å². The van der Waals surface area contributed by atoms with Gasteiger partial charge >= 0.3 is 0 Å². The fourth-order valence-electron chi connectivity index (χ4n) is 2.92. The molecule has 0 saturated carbocycles. The van der Waals surface area contributed by atoms with E-state index in [1.165, 1.54) is 0 Å². The molecule has 102 valence electrons. The molecule has 0 radical (unpaired) electrons. The van der Waals surface area contributed by atoms with E-state index in [1.54, 1.807) is 0 Å². The van der Waals surface area contributed by atoms with E-state index in [1.807, 2.05) is 35.2 Å². The Balaban J connectivity index is 2.03. The molecule has 1 fully saturated rings. The minimum Gasteiger partial charge on any atom is -0.338 e. The maximum absolute atomic E-state index is 12.4. The Kier molecular flexibility index (Phi) is 4.72. The number of amides is 1. The standard InChI is InChI=1S/C16H21NO2/c1-2-13-12-17(10-8-14(13)9-11-18)16(19)15-6-4-3-5-7-15/h3-7,11,13-14H,2,8-10,12H2,1H3/t13-,14-/m0/s1. The van der Waals surface area contributed by atoms with Gasteiger partial charge in [-0.25, -0.2) is 0 Å². The van der Waals surface area contributed by atoms with Gasteiger partial charge in [0.15, 0.2) is 0 Å². The first-order chi connectivity index (χ1) is 9.26. The summed E-state index contributed by atoms with van der Waals surface area (Å²) in [4.78, 5) is 25.0. The monoisotopic (exact) mass is 259 g/mol. The van der Waals surface area contributed by atoms with E-state index < -0.39 is 0 Å². The van der Waals surface area contributed by atoms with Crippen LogP contribution in [0.1, 0.15) is 36.5 Å². The van der Waals surface area contributed by atoms with Gasteiger partial charge < -0.3 is 9.69 Å². The molecule has 0 N–H and O–H groups in total. The van der Waals surface area contributed by atoms with Crippen LogP contribution in [0.5, 0.6) is 0 Å². The van der Waals surface area contributed by atoms with Gasteiger partial charge in [-0.05, 0) is 30.4 Å². The Hall–Kier alpha value is -1.64. The number of benzene rings is 1. The second-order valence-electron chi connectivity index (χ2n) is 5.24. The molecule has 0 aliphatic carbocycles. The molecule has 0 aromatic heterocycles. The summed E-state index contributed by atoms with van der Waals surface area (Å²) in [7, 11) is 0. The number of rotatable bonds is 4. The fourth-order valence-corrected chi connectivity index (χ4v) is 2.92. The molecule has 0 bridgehead atoms. The van der Waals surface area contributed by atoms with Crippen molar-refractivity contribution < 1.29 is 9.59 Å². The van der Waals surface area contributed by atoms with Crippen LogP contribution in [0.4, 0.5) is 0 Å². The van der Waals surface area contributed by atoms with Crippen molar-refractivity contribution >= 4 is 12.2 Å². The van der Waals surface area contributed by atoms with E-state index in [9.17, 15) is 9.59 Å². The molecular formula is C16H21NO2. The molecule has 1 aromatic rings. The highest BCUT2D eigenvalue weighted by molar-refractivity contribution is 5.94. The van der Waals surface area contributed by atoms with Crippen molar-refractivity contribution in [3.8, 4) is 0 Å². The smallest absolute Gasteiger partial charge is 0.253 e. The van der Waals surface area contributed by atoms with Crippen LogP contribution in [0.25, 0.3) is 0 Å². The van der Waals surface area contributed by atoms with E-state index in [0.29, 0.717) is 18.3 Å². The third-order valence-corrected chi connectivity index (χ3v) is 4.12. The molecule has 0 unspecified atom stereocenters. The Morgan fingerprint density at radius 1 is 1.32 bits per heavy atom. The third kappa shape index (κ3) is 3.22. The van der Waals surface area contributed by atoms with Crippen LogP contribution in [0.2, 0.25) is 0 Å². The van der Waals surface area contributed by atoms with Crippen molar-refractivity contribution in [2.24, 2.45) is 11.8 Å². The molecule has 1 amide bonds. The summed E-state index contributed by atoms with van der Waals surface area (Å²) in [6.07, 6.45) is 3.61. The van der Waals surface area contributed by atoms with Gasteiger partial charge in [0.25, 0.3) is 5.91 Å². The summed E-state index contributed by atoms with van der Waals surface area (Å²) in [5.41, 5.74) is 0.756. The fraction of sp³-hybridized carbons (Fsp3) is 0.500. The molecule has 1 heterocycles. The maximum Gasteiger partial charge on any atom is 0.253 e. The summed E-state index contributed by atoms with van der Waals surface area (Å²) in [6.45, 7) is 3.68. The zero-order valence-electron chi connectivity index (χ0n) is 11.4. The number of hydrogen-bond donors (Lipinski definition) is 0. The van der Waals surface area contributed by atoms with Crippen LogP contribution in [-0.2, 0) is 4.79 Å². The zero-order chi connectivity index (χ0) is 13.7. The minimum absolute atomic E-state index is 0.114. The second-order valence-corrected chi connectivity index (χ2v) is 5.24. The molecule has 1 aliphatic rings. The van der Waals surface area contributed by atoms with Gasteiger partial charge in [-0.2, -0.15) is 0 Å². The third-order valence-electron chi connectivity index (χ3n) is 4.12. The van der Waals surface area contributed by atoms with Crippen molar-refractivity contribution in [1.29, 1.82) is 0 Å². The number of carbonyl (C=O) groups is 2. The first-order valence-corrected chi connectivity index (χ1v) is 7.04. The van der Waals surface area contributed by atoms with Gasteiger partial charge in [-0.3, -0.25) is 4.79 Å². The van der Waals surface area contributed by atoms with Crippen molar-refractivity contribution in [2.45, 2.75) is 26.2 Å². The summed E-state index contributed by atoms with van der Waals surface area (Å²) in [5, 5.41) is 0. The Bertz CT molecular complexity index is 430. The second kappa shape index (κ2) is 6.50. The average molecular weight is 259 g/mol. The van der Waals surface area contributed by atoms with Crippen molar-refractivity contribution in [3.05, 3.63) is 35.9 Å². The van der Waals surface area contributed by atoms with Crippen LogP contribution < -0.4 is 0 Å². The molecule has 2 rings (SSSR count). The molecule has 1 aliphatic heterocycles. The maximum atomic E-state index is 12.4. The highest BCUT2D eigenvalue weighted by Gasteiger charge is 2.30. The number of likely N-dealkylation sites (tertiary alicyclic amines) is 1. The Morgan fingerprint density at radius 2 is 2.05 bits per heavy atom. The van der Waals surface area contributed by atoms with Gasteiger partial charge in [-0.15, -0.1) is 0 Å². The zero-order valence-corrected chi connectivity index (χ0v) is 11.4. The molecule has 1 saturated heterocycles. The first kappa shape index (κ1) is 13.8. The predicted octanol–water partition coefficient (Wildman–Crippen LogP) is 2.76. The van der Waals surface area contributed by atoms with Crippen molar-refractivity contribution in [3.63, 3.8) is 0 Å². The van der Waals surface area contributed by atoms with Crippen LogP contribution in [0.15, 0.2) is 30.3 Å². The van der Waals surface area contributed by atoms with E-state index in [-0.39, 0.29) is 5.91 Å². The summed E-state index contributed by atoms with van der Waals surface area (Å²) in [6, 6.07) is 9.43. The summed E-state index contributed by atoms with van der Waals surface area (Å²) >= 11 is 0. The molecule has 3 heteroatoms. The average Bonchev–Trinajstić information content (AvgIpc) is 2.48. The highest BCUT2D eigenvalue weighted by atomic mass is 16.2. The highest BCUT2D eigenvalue weighted by Crippen LogP contribution is 2.29. The predicted molar refractivity (Wildman–Crippen MR) is 74.9 cm³/mol. The van der Waals surface area contributed by atoms with E-state index in [4.69, 9.17) is 0 Å². The molecule has 0 spiro atoms. The van der Waals surface area contributed by atoms with Crippen LogP contribution in [0, 0.1) is 11.8 Å². The van der Waals surface area contributed by atoms with E-state index in [0.717, 1.165) is 37.8 Å². The lowest BCUT2D eigenvalue weighted by Crippen LogP contribution is -2.43. The molecular weight excluding hydrogens is 238 g/mol. The van der Waals surface area contributed by atoms with Gasteiger partial charge in [0.2, 0.25) is 0 Å². The van der Waals surface area contributed by atoms with Crippen LogP contribution in [0.3, 0.4) is 0 Å². The van der Waals surface area contributed by atoms with E-state index in [2.05, 4.69) is 6.92 Å². The lowest BCUT2D eigenvalue weighted by molar-refractivity contribution is -0.109. The Morgan fingerprint density at radius 3 is 2.68 bits per heavy atom. The van der Waals surface area contributed by atoms with Gasteiger partial charge in [0.05, 0.1) is 0 Å². The lowest BCUT2D eigenvalue weighted by atomic mass is 9.82.